The minimum absolute atomic E-state index is 0.0125. The van der Waals surface area contributed by atoms with Crippen molar-refractivity contribution in [3.63, 3.8) is 0 Å². The molecule has 2 fully saturated rings. The summed E-state index contributed by atoms with van der Waals surface area (Å²) < 4.78 is 0. The minimum Gasteiger partial charge on any atom is -0.481 e. The molecule has 1 aliphatic carbocycles. The van der Waals surface area contributed by atoms with E-state index in [0.29, 0.717) is 12.5 Å². The number of piperidine rings is 1. The van der Waals surface area contributed by atoms with Gasteiger partial charge in [0.05, 0.1) is 5.41 Å². The maximum Gasteiger partial charge on any atom is 0.317 e. The molecule has 1 aliphatic heterocycles. The molecule has 1 heterocycles. The van der Waals surface area contributed by atoms with Crippen LogP contribution in [0.3, 0.4) is 0 Å². The highest BCUT2D eigenvalue weighted by atomic mass is 16.4. The SMILES string of the molecule is CC(C)(NC(=O)N1CCCC(C(C)(C)C(=O)O)C1)C1CC1. The van der Waals surface area contributed by atoms with Crippen molar-refractivity contribution < 1.29 is 14.7 Å². The summed E-state index contributed by atoms with van der Waals surface area (Å²) >= 11 is 0. The molecule has 120 valence electrons. The Hall–Kier alpha value is -1.26. The molecule has 1 atom stereocenters. The average molecular weight is 296 g/mol. The molecule has 2 rings (SSSR count). The van der Waals surface area contributed by atoms with Crippen LogP contribution in [-0.4, -0.2) is 40.6 Å². The highest BCUT2D eigenvalue weighted by Gasteiger charge is 2.42. The minimum atomic E-state index is -0.787. The van der Waals surface area contributed by atoms with Gasteiger partial charge in [0.2, 0.25) is 0 Å². The van der Waals surface area contributed by atoms with Gasteiger partial charge >= 0.3 is 12.0 Å². The third kappa shape index (κ3) is 3.50. The van der Waals surface area contributed by atoms with Crippen molar-refractivity contribution in [3.05, 3.63) is 0 Å². The number of likely N-dealkylation sites (tertiary alicyclic amines) is 1. The van der Waals surface area contributed by atoms with Gasteiger partial charge in [-0.1, -0.05) is 0 Å². The maximum absolute atomic E-state index is 12.5. The average Bonchev–Trinajstić information content (AvgIpc) is 3.22. The third-order valence-electron chi connectivity index (χ3n) is 5.31. The highest BCUT2D eigenvalue weighted by molar-refractivity contribution is 5.76. The molecule has 2 N–H and O–H groups in total. The van der Waals surface area contributed by atoms with Crippen molar-refractivity contribution in [3.8, 4) is 0 Å². The Labute approximate surface area is 127 Å². The zero-order valence-electron chi connectivity index (χ0n) is 13.6. The van der Waals surface area contributed by atoms with Gasteiger partial charge in [-0.2, -0.15) is 0 Å². The lowest BCUT2D eigenvalue weighted by atomic mass is 9.74. The monoisotopic (exact) mass is 296 g/mol. The standard InChI is InChI=1S/C16H28N2O3/c1-15(2,13(19)20)12-6-5-9-18(10-12)14(21)17-16(3,4)11-7-8-11/h11-12H,5-10H2,1-4H3,(H,17,21)(H,19,20). The van der Waals surface area contributed by atoms with Crippen molar-refractivity contribution in [2.75, 3.05) is 13.1 Å². The van der Waals surface area contributed by atoms with Crippen molar-refractivity contribution >= 4 is 12.0 Å². The van der Waals surface area contributed by atoms with Crippen LogP contribution in [0.4, 0.5) is 4.79 Å². The number of amides is 2. The van der Waals surface area contributed by atoms with Crippen LogP contribution in [0, 0.1) is 17.3 Å². The van der Waals surface area contributed by atoms with E-state index in [2.05, 4.69) is 19.2 Å². The first-order valence-electron chi connectivity index (χ1n) is 7.95. The van der Waals surface area contributed by atoms with E-state index in [1.165, 1.54) is 12.8 Å². The molecular weight excluding hydrogens is 268 g/mol. The summed E-state index contributed by atoms with van der Waals surface area (Å²) in [7, 11) is 0. The first-order chi connectivity index (χ1) is 9.64. The zero-order valence-corrected chi connectivity index (χ0v) is 13.6. The number of nitrogens with zero attached hydrogens (tertiary/aromatic N) is 1. The normalized spacial score (nSPS) is 23.8. The summed E-state index contributed by atoms with van der Waals surface area (Å²) in [5.74, 6) is -0.191. The summed E-state index contributed by atoms with van der Waals surface area (Å²) in [6, 6.07) is -0.0437. The van der Waals surface area contributed by atoms with E-state index in [1.807, 2.05) is 0 Å². The van der Waals surface area contributed by atoms with E-state index in [0.717, 1.165) is 19.4 Å². The number of hydrogen-bond donors (Lipinski definition) is 2. The van der Waals surface area contributed by atoms with Crippen LogP contribution in [0.25, 0.3) is 0 Å². The van der Waals surface area contributed by atoms with E-state index in [1.54, 1.807) is 18.7 Å². The van der Waals surface area contributed by atoms with Gasteiger partial charge in [-0.25, -0.2) is 4.79 Å². The molecule has 0 spiro atoms. The molecule has 0 aromatic heterocycles. The molecule has 0 aromatic carbocycles. The Morgan fingerprint density at radius 2 is 1.71 bits per heavy atom. The number of carbonyl (C=O) groups excluding carboxylic acids is 1. The van der Waals surface area contributed by atoms with Gasteiger partial charge in [0.25, 0.3) is 0 Å². The molecule has 2 amide bonds. The molecule has 0 radical (unpaired) electrons. The number of rotatable bonds is 4. The Morgan fingerprint density at radius 3 is 2.24 bits per heavy atom. The van der Waals surface area contributed by atoms with E-state index in [4.69, 9.17) is 0 Å². The molecule has 2 aliphatic rings. The van der Waals surface area contributed by atoms with Crippen LogP contribution in [0.5, 0.6) is 0 Å². The van der Waals surface area contributed by atoms with Gasteiger partial charge < -0.3 is 15.3 Å². The van der Waals surface area contributed by atoms with E-state index in [-0.39, 0.29) is 17.5 Å². The highest BCUT2D eigenvalue weighted by Crippen LogP contribution is 2.39. The second kappa shape index (κ2) is 5.50. The lowest BCUT2D eigenvalue weighted by Gasteiger charge is -2.40. The molecule has 21 heavy (non-hydrogen) atoms. The summed E-state index contributed by atoms with van der Waals surface area (Å²) in [4.78, 5) is 25.7. The Kier molecular flexibility index (Phi) is 4.22. The molecule has 1 unspecified atom stereocenters. The number of carboxylic acid groups (broad SMARTS) is 1. The van der Waals surface area contributed by atoms with Crippen LogP contribution in [0.15, 0.2) is 0 Å². The lowest BCUT2D eigenvalue weighted by Crippen LogP contribution is -2.55. The molecule has 1 saturated carbocycles. The van der Waals surface area contributed by atoms with E-state index in [9.17, 15) is 14.7 Å². The van der Waals surface area contributed by atoms with Crippen molar-refractivity contribution in [2.45, 2.75) is 58.9 Å². The van der Waals surface area contributed by atoms with Gasteiger partial charge in [0, 0.05) is 18.6 Å². The third-order valence-corrected chi connectivity index (χ3v) is 5.31. The van der Waals surface area contributed by atoms with Gasteiger partial charge in [0.15, 0.2) is 0 Å². The van der Waals surface area contributed by atoms with Gasteiger partial charge in [-0.3, -0.25) is 4.79 Å². The fourth-order valence-electron chi connectivity index (χ4n) is 3.19. The second-order valence-corrected chi connectivity index (χ2v) is 7.74. The summed E-state index contributed by atoms with van der Waals surface area (Å²) in [6.07, 6.45) is 4.11. The number of urea groups is 1. The maximum atomic E-state index is 12.5. The Morgan fingerprint density at radius 1 is 1.10 bits per heavy atom. The fraction of sp³-hybridized carbons (Fsp3) is 0.875. The van der Waals surface area contributed by atoms with Crippen LogP contribution in [-0.2, 0) is 4.79 Å². The summed E-state index contributed by atoms with van der Waals surface area (Å²) in [6.45, 7) is 8.92. The molecule has 0 aromatic rings. The lowest BCUT2D eigenvalue weighted by molar-refractivity contribution is -0.151. The van der Waals surface area contributed by atoms with Gasteiger partial charge in [-0.05, 0) is 65.2 Å². The molecule has 5 nitrogen and oxygen atoms in total. The number of nitrogens with one attached hydrogen (secondary N) is 1. The smallest absolute Gasteiger partial charge is 0.317 e. The van der Waals surface area contributed by atoms with Crippen molar-refractivity contribution in [1.29, 1.82) is 0 Å². The number of carboxylic acids is 1. The quantitative estimate of drug-likeness (QED) is 0.838. The van der Waals surface area contributed by atoms with Crippen LogP contribution >= 0.6 is 0 Å². The fourth-order valence-corrected chi connectivity index (χ4v) is 3.19. The first kappa shape index (κ1) is 16.1. The second-order valence-electron chi connectivity index (χ2n) is 7.74. The van der Waals surface area contributed by atoms with Crippen molar-refractivity contribution in [1.82, 2.24) is 10.2 Å². The predicted molar refractivity (Wildman–Crippen MR) is 81.0 cm³/mol. The Bertz CT molecular complexity index is 427. The van der Waals surface area contributed by atoms with Gasteiger partial charge in [-0.15, -0.1) is 0 Å². The number of hydrogen-bond acceptors (Lipinski definition) is 2. The topological polar surface area (TPSA) is 69.6 Å². The summed E-state index contributed by atoms with van der Waals surface area (Å²) in [5.41, 5.74) is -0.947. The molecule has 0 bridgehead atoms. The largest absolute Gasteiger partial charge is 0.481 e. The molecule has 5 heteroatoms. The number of aliphatic carboxylic acids is 1. The van der Waals surface area contributed by atoms with E-state index < -0.39 is 11.4 Å². The Balaban J connectivity index is 1.97. The van der Waals surface area contributed by atoms with E-state index >= 15 is 0 Å². The molecule has 1 saturated heterocycles. The van der Waals surface area contributed by atoms with Gasteiger partial charge in [0.1, 0.15) is 0 Å². The van der Waals surface area contributed by atoms with Crippen LogP contribution in [0.1, 0.15) is 53.4 Å². The molecular formula is C16H28N2O3. The van der Waals surface area contributed by atoms with Crippen LogP contribution in [0.2, 0.25) is 0 Å². The van der Waals surface area contributed by atoms with Crippen LogP contribution < -0.4 is 5.32 Å². The number of carbonyl (C=O) groups is 2. The van der Waals surface area contributed by atoms with Crippen molar-refractivity contribution in [2.24, 2.45) is 17.3 Å². The first-order valence-corrected chi connectivity index (χ1v) is 7.95. The zero-order chi connectivity index (χ0) is 15.8. The summed E-state index contributed by atoms with van der Waals surface area (Å²) in [5, 5.41) is 12.5. The predicted octanol–water partition coefficient (Wildman–Crippen LogP) is 2.71.